The molecule has 0 radical (unpaired) electrons. The summed E-state index contributed by atoms with van der Waals surface area (Å²) < 4.78 is 0. The fourth-order valence-electron chi connectivity index (χ4n) is 2.32. The zero-order valence-corrected chi connectivity index (χ0v) is 11.5. The number of nitrogen functional groups attached to an aromatic ring is 1. The van der Waals surface area contributed by atoms with E-state index in [4.69, 9.17) is 5.84 Å². The molecular weight excluding hydrogens is 226 g/mol. The summed E-state index contributed by atoms with van der Waals surface area (Å²) in [5.74, 6) is 7.88. The van der Waals surface area contributed by atoms with Crippen molar-refractivity contribution >= 4 is 11.6 Å². The van der Waals surface area contributed by atoms with Crippen molar-refractivity contribution in [3.05, 3.63) is 11.9 Å². The Hall–Kier alpha value is -1.36. The van der Waals surface area contributed by atoms with Gasteiger partial charge in [-0.3, -0.25) is 0 Å². The van der Waals surface area contributed by atoms with Gasteiger partial charge in [-0.1, -0.05) is 27.2 Å². The molecule has 0 spiro atoms. The van der Waals surface area contributed by atoms with Gasteiger partial charge in [-0.05, 0) is 24.2 Å². The Morgan fingerprint density at radius 3 is 2.61 bits per heavy atom. The van der Waals surface area contributed by atoms with Gasteiger partial charge in [-0.15, -0.1) is 0 Å². The number of nitrogens with zero attached hydrogens (tertiary/aromatic N) is 2. The van der Waals surface area contributed by atoms with Crippen LogP contribution < -0.4 is 16.6 Å². The van der Waals surface area contributed by atoms with Crippen LogP contribution >= 0.6 is 0 Å². The lowest BCUT2D eigenvalue weighted by Crippen LogP contribution is -2.15. The average Bonchev–Trinajstić information content (AvgIpc) is 2.96. The molecule has 0 amide bonds. The van der Waals surface area contributed by atoms with Crippen LogP contribution in [0, 0.1) is 11.3 Å². The number of rotatable bonds is 6. The largest absolute Gasteiger partial charge is 0.369 e. The second-order valence-electron chi connectivity index (χ2n) is 5.71. The minimum atomic E-state index is 0.486. The zero-order valence-electron chi connectivity index (χ0n) is 11.5. The van der Waals surface area contributed by atoms with Gasteiger partial charge in [0.05, 0.1) is 0 Å². The number of anilines is 2. The van der Waals surface area contributed by atoms with E-state index in [0.717, 1.165) is 42.5 Å². The van der Waals surface area contributed by atoms with Crippen LogP contribution in [0.1, 0.15) is 39.2 Å². The van der Waals surface area contributed by atoms with Crippen LogP contribution in [-0.4, -0.2) is 16.5 Å². The topological polar surface area (TPSA) is 75.9 Å². The molecule has 0 saturated heterocycles. The Bertz CT molecular complexity index is 416. The first-order valence-corrected chi connectivity index (χ1v) is 6.63. The van der Waals surface area contributed by atoms with Crippen LogP contribution in [0.3, 0.4) is 0 Å². The molecular formula is C13H23N5. The maximum atomic E-state index is 5.49. The second kappa shape index (κ2) is 5.10. The predicted octanol–water partition coefficient (Wildman–Crippen LogP) is 2.17. The molecule has 18 heavy (non-hydrogen) atoms. The Balaban J connectivity index is 2.06. The van der Waals surface area contributed by atoms with Crippen LogP contribution in [0.15, 0.2) is 6.33 Å². The Morgan fingerprint density at radius 1 is 1.39 bits per heavy atom. The van der Waals surface area contributed by atoms with E-state index in [0.29, 0.717) is 5.41 Å². The van der Waals surface area contributed by atoms with E-state index in [1.54, 1.807) is 6.33 Å². The van der Waals surface area contributed by atoms with Gasteiger partial charge in [0.15, 0.2) is 0 Å². The lowest BCUT2D eigenvalue weighted by atomic mass is 10.1. The van der Waals surface area contributed by atoms with Gasteiger partial charge in [0.2, 0.25) is 0 Å². The van der Waals surface area contributed by atoms with Crippen LogP contribution in [0.25, 0.3) is 0 Å². The minimum Gasteiger partial charge on any atom is -0.369 e. The number of nitrogens with two attached hydrogens (primary N) is 1. The molecule has 0 aromatic carbocycles. The van der Waals surface area contributed by atoms with Crippen LogP contribution in [0.4, 0.5) is 11.6 Å². The van der Waals surface area contributed by atoms with Gasteiger partial charge in [-0.25, -0.2) is 15.8 Å². The fourth-order valence-corrected chi connectivity index (χ4v) is 2.32. The van der Waals surface area contributed by atoms with Crippen molar-refractivity contribution in [2.45, 2.75) is 40.0 Å². The Labute approximate surface area is 109 Å². The molecule has 5 heteroatoms. The molecule has 2 rings (SSSR count). The van der Waals surface area contributed by atoms with Gasteiger partial charge in [-0.2, -0.15) is 0 Å². The van der Waals surface area contributed by atoms with Gasteiger partial charge in [0.1, 0.15) is 18.0 Å². The summed E-state index contributed by atoms with van der Waals surface area (Å²) in [4.78, 5) is 8.50. The molecule has 0 aliphatic heterocycles. The number of hydrogen-bond acceptors (Lipinski definition) is 5. The normalized spacial score (nSPS) is 20.6. The van der Waals surface area contributed by atoms with E-state index in [-0.39, 0.29) is 0 Å². The third-order valence-corrected chi connectivity index (χ3v) is 3.82. The van der Waals surface area contributed by atoms with Gasteiger partial charge >= 0.3 is 0 Å². The second-order valence-corrected chi connectivity index (χ2v) is 5.71. The average molecular weight is 249 g/mol. The third kappa shape index (κ3) is 2.72. The monoisotopic (exact) mass is 249 g/mol. The van der Waals surface area contributed by atoms with E-state index in [1.165, 1.54) is 6.42 Å². The molecule has 1 fully saturated rings. The molecule has 1 aliphatic carbocycles. The zero-order chi connectivity index (χ0) is 13.2. The number of hydrazine groups is 1. The summed E-state index contributed by atoms with van der Waals surface area (Å²) in [5.41, 5.74) is 4.22. The summed E-state index contributed by atoms with van der Waals surface area (Å²) in [6.45, 7) is 7.73. The quantitative estimate of drug-likeness (QED) is 0.532. The van der Waals surface area contributed by atoms with Crippen molar-refractivity contribution in [1.29, 1.82) is 0 Å². The standard InChI is InChI=1S/C13H23N5/c1-4-5-10-11(16-8-17-12(10)18-14)15-7-9-6-13(9,2)3/h8-9H,4-7,14H2,1-3H3,(H2,15,16,17,18). The van der Waals surface area contributed by atoms with Crippen molar-refractivity contribution in [2.24, 2.45) is 17.2 Å². The third-order valence-electron chi connectivity index (χ3n) is 3.82. The van der Waals surface area contributed by atoms with Gasteiger partial charge in [0.25, 0.3) is 0 Å². The molecule has 5 nitrogen and oxygen atoms in total. The molecule has 0 bridgehead atoms. The summed E-state index contributed by atoms with van der Waals surface area (Å²) >= 11 is 0. The van der Waals surface area contributed by atoms with E-state index >= 15 is 0 Å². The first kappa shape index (κ1) is 13.1. The number of nitrogens with one attached hydrogen (secondary N) is 2. The highest BCUT2D eigenvalue weighted by Gasteiger charge is 2.45. The van der Waals surface area contributed by atoms with E-state index in [9.17, 15) is 0 Å². The van der Waals surface area contributed by atoms with Crippen molar-refractivity contribution in [2.75, 3.05) is 17.3 Å². The van der Waals surface area contributed by atoms with Gasteiger partial charge < -0.3 is 10.7 Å². The van der Waals surface area contributed by atoms with Crippen LogP contribution in [0.2, 0.25) is 0 Å². The van der Waals surface area contributed by atoms with E-state index in [1.807, 2.05) is 0 Å². The molecule has 1 aromatic heterocycles. The van der Waals surface area contributed by atoms with Gasteiger partial charge in [0, 0.05) is 12.1 Å². The summed E-state index contributed by atoms with van der Waals surface area (Å²) in [7, 11) is 0. The number of aromatic nitrogens is 2. The number of hydrogen-bond donors (Lipinski definition) is 3. The Morgan fingerprint density at radius 2 is 2.06 bits per heavy atom. The molecule has 100 valence electrons. The van der Waals surface area contributed by atoms with Crippen molar-refractivity contribution in [1.82, 2.24) is 9.97 Å². The maximum absolute atomic E-state index is 5.49. The highest BCUT2D eigenvalue weighted by Crippen LogP contribution is 2.51. The lowest BCUT2D eigenvalue weighted by Gasteiger charge is -2.13. The molecule has 1 saturated carbocycles. The van der Waals surface area contributed by atoms with Crippen molar-refractivity contribution in [3.63, 3.8) is 0 Å². The Kier molecular flexibility index (Phi) is 3.71. The van der Waals surface area contributed by atoms with Crippen LogP contribution in [-0.2, 0) is 6.42 Å². The molecule has 1 heterocycles. The molecule has 1 aliphatic rings. The summed E-state index contributed by atoms with van der Waals surface area (Å²) in [5, 5.41) is 3.44. The highest BCUT2D eigenvalue weighted by atomic mass is 15.3. The molecule has 1 atom stereocenters. The highest BCUT2D eigenvalue weighted by molar-refractivity contribution is 5.57. The van der Waals surface area contributed by atoms with Crippen molar-refractivity contribution in [3.8, 4) is 0 Å². The molecule has 4 N–H and O–H groups in total. The SMILES string of the molecule is CCCc1c(NN)ncnc1NCC1CC1(C)C. The van der Waals surface area contributed by atoms with Crippen LogP contribution in [0.5, 0.6) is 0 Å². The maximum Gasteiger partial charge on any atom is 0.148 e. The summed E-state index contributed by atoms with van der Waals surface area (Å²) in [6.07, 6.45) is 4.81. The lowest BCUT2D eigenvalue weighted by molar-refractivity contribution is 0.572. The predicted molar refractivity (Wildman–Crippen MR) is 74.2 cm³/mol. The minimum absolute atomic E-state index is 0.486. The molecule has 1 aromatic rings. The fraction of sp³-hybridized carbons (Fsp3) is 0.692. The first-order valence-electron chi connectivity index (χ1n) is 6.63. The molecule has 1 unspecified atom stereocenters. The first-order chi connectivity index (χ1) is 8.58. The van der Waals surface area contributed by atoms with E-state index < -0.39 is 0 Å². The van der Waals surface area contributed by atoms with Crippen molar-refractivity contribution < 1.29 is 0 Å². The summed E-state index contributed by atoms with van der Waals surface area (Å²) in [6, 6.07) is 0. The smallest absolute Gasteiger partial charge is 0.148 e. The van der Waals surface area contributed by atoms with E-state index in [2.05, 4.69) is 41.5 Å².